The first-order chi connectivity index (χ1) is 11.4. The van der Waals surface area contributed by atoms with Crippen molar-refractivity contribution in [3.63, 3.8) is 0 Å². The Bertz CT molecular complexity index is 812. The zero-order valence-corrected chi connectivity index (χ0v) is 15.1. The van der Waals surface area contributed by atoms with Gasteiger partial charge in [-0.05, 0) is 24.1 Å². The molecule has 1 aliphatic heterocycles. The van der Waals surface area contributed by atoms with Gasteiger partial charge in [0, 0.05) is 30.0 Å². The molecule has 1 aliphatic rings. The molecule has 1 saturated heterocycles. The molecule has 1 fully saturated rings. The van der Waals surface area contributed by atoms with Crippen LogP contribution in [0, 0.1) is 0 Å². The van der Waals surface area contributed by atoms with Gasteiger partial charge in [0.05, 0.1) is 12.3 Å². The van der Waals surface area contributed by atoms with Gasteiger partial charge in [-0.25, -0.2) is 8.42 Å². The van der Waals surface area contributed by atoms with E-state index in [2.05, 4.69) is 4.98 Å². The van der Waals surface area contributed by atoms with Crippen LogP contribution in [0.15, 0.2) is 42.7 Å². The lowest BCUT2D eigenvalue weighted by molar-refractivity contribution is 0.215. The standard InChI is InChI=1S/C16H16Cl2N2O3S/c17-13-3-1-12(2-4-13)11-24(21,22)20-8-6-14(10-20)23-16-5-7-19-9-15(16)18/h1-5,7,9,14H,6,8,10-11H2. The van der Waals surface area contributed by atoms with Crippen LogP contribution in [0.1, 0.15) is 12.0 Å². The van der Waals surface area contributed by atoms with Crippen LogP contribution in [-0.4, -0.2) is 36.9 Å². The van der Waals surface area contributed by atoms with Gasteiger partial charge in [0.15, 0.2) is 0 Å². The normalized spacial score (nSPS) is 18.7. The van der Waals surface area contributed by atoms with Crippen LogP contribution >= 0.6 is 23.2 Å². The molecule has 0 amide bonds. The van der Waals surface area contributed by atoms with Crippen molar-refractivity contribution < 1.29 is 13.2 Å². The van der Waals surface area contributed by atoms with E-state index in [1.165, 1.54) is 10.5 Å². The molecule has 0 bridgehead atoms. The van der Waals surface area contributed by atoms with Gasteiger partial charge in [0.1, 0.15) is 16.9 Å². The van der Waals surface area contributed by atoms with Crippen LogP contribution in [-0.2, 0) is 15.8 Å². The average molecular weight is 387 g/mol. The molecule has 8 heteroatoms. The molecule has 0 radical (unpaired) electrons. The monoisotopic (exact) mass is 386 g/mol. The van der Waals surface area contributed by atoms with E-state index in [1.54, 1.807) is 36.5 Å². The van der Waals surface area contributed by atoms with Gasteiger partial charge >= 0.3 is 0 Å². The first-order valence-electron chi connectivity index (χ1n) is 7.42. The number of pyridine rings is 1. The molecule has 1 aromatic carbocycles. The van der Waals surface area contributed by atoms with Crippen molar-refractivity contribution in [2.24, 2.45) is 0 Å². The number of sulfonamides is 1. The molecule has 2 heterocycles. The van der Waals surface area contributed by atoms with E-state index < -0.39 is 10.0 Å². The third-order valence-corrected chi connectivity index (χ3v) is 6.14. The predicted octanol–water partition coefficient (Wildman–Crippen LogP) is 3.37. The van der Waals surface area contributed by atoms with Crippen LogP contribution in [0.25, 0.3) is 0 Å². The maximum absolute atomic E-state index is 12.6. The summed E-state index contributed by atoms with van der Waals surface area (Å²) >= 11 is 11.8. The molecule has 2 aromatic rings. The first-order valence-corrected chi connectivity index (χ1v) is 9.79. The molecule has 1 aromatic heterocycles. The molecule has 0 spiro atoms. The number of rotatable bonds is 5. The third-order valence-electron chi connectivity index (χ3n) is 3.79. The van der Waals surface area contributed by atoms with E-state index >= 15 is 0 Å². The second-order valence-electron chi connectivity index (χ2n) is 5.58. The lowest BCUT2D eigenvalue weighted by atomic mass is 10.2. The highest BCUT2D eigenvalue weighted by molar-refractivity contribution is 7.88. The summed E-state index contributed by atoms with van der Waals surface area (Å²) in [6, 6.07) is 8.50. The number of halogens is 2. The van der Waals surface area contributed by atoms with Crippen LogP contribution < -0.4 is 4.74 Å². The maximum atomic E-state index is 12.6. The van der Waals surface area contributed by atoms with Crippen LogP contribution in [0.5, 0.6) is 5.75 Å². The Balaban J connectivity index is 1.64. The number of ether oxygens (including phenoxy) is 1. The van der Waals surface area contributed by atoms with Gasteiger partial charge < -0.3 is 4.74 Å². The van der Waals surface area contributed by atoms with Crippen LogP contribution in [0.4, 0.5) is 0 Å². The molecule has 128 valence electrons. The number of aromatic nitrogens is 1. The summed E-state index contributed by atoms with van der Waals surface area (Å²) in [6.07, 6.45) is 3.50. The Hall–Kier alpha value is -1.34. The van der Waals surface area contributed by atoms with E-state index in [9.17, 15) is 8.42 Å². The maximum Gasteiger partial charge on any atom is 0.218 e. The van der Waals surface area contributed by atoms with Gasteiger partial charge in [0.2, 0.25) is 10.0 Å². The highest BCUT2D eigenvalue weighted by Crippen LogP contribution is 2.27. The zero-order chi connectivity index (χ0) is 17.2. The summed E-state index contributed by atoms with van der Waals surface area (Å²) in [7, 11) is -3.40. The summed E-state index contributed by atoms with van der Waals surface area (Å²) in [6.45, 7) is 0.748. The highest BCUT2D eigenvalue weighted by Gasteiger charge is 2.32. The van der Waals surface area contributed by atoms with E-state index in [-0.39, 0.29) is 11.9 Å². The van der Waals surface area contributed by atoms with Crippen molar-refractivity contribution >= 4 is 33.2 Å². The quantitative estimate of drug-likeness (QED) is 0.790. The molecular formula is C16H16Cl2N2O3S. The van der Waals surface area contributed by atoms with Crippen molar-refractivity contribution in [2.75, 3.05) is 13.1 Å². The van der Waals surface area contributed by atoms with Gasteiger partial charge in [-0.15, -0.1) is 0 Å². The fraction of sp³-hybridized carbons (Fsp3) is 0.312. The summed E-state index contributed by atoms with van der Waals surface area (Å²) in [4.78, 5) is 3.90. The molecule has 0 N–H and O–H groups in total. The molecule has 1 atom stereocenters. The number of hydrogen-bond acceptors (Lipinski definition) is 4. The smallest absolute Gasteiger partial charge is 0.218 e. The molecule has 3 rings (SSSR count). The van der Waals surface area contributed by atoms with Crippen molar-refractivity contribution in [3.8, 4) is 5.75 Å². The second kappa shape index (κ2) is 7.27. The van der Waals surface area contributed by atoms with Crippen molar-refractivity contribution in [2.45, 2.75) is 18.3 Å². The minimum absolute atomic E-state index is 0.0487. The summed E-state index contributed by atoms with van der Waals surface area (Å²) in [5.74, 6) is 0.473. The predicted molar refractivity (Wildman–Crippen MR) is 93.9 cm³/mol. The Labute approximate surface area is 151 Å². The van der Waals surface area contributed by atoms with Gasteiger partial charge in [0.25, 0.3) is 0 Å². The lowest BCUT2D eigenvalue weighted by Gasteiger charge is -2.17. The fourth-order valence-corrected chi connectivity index (χ4v) is 4.43. The molecule has 0 saturated carbocycles. The van der Waals surface area contributed by atoms with E-state index in [4.69, 9.17) is 27.9 Å². The molecule has 5 nitrogen and oxygen atoms in total. The minimum Gasteiger partial charge on any atom is -0.487 e. The second-order valence-corrected chi connectivity index (χ2v) is 8.39. The molecule has 0 aliphatic carbocycles. The Kier molecular flexibility index (Phi) is 5.30. The van der Waals surface area contributed by atoms with Gasteiger partial charge in [-0.2, -0.15) is 4.31 Å². The number of benzene rings is 1. The summed E-state index contributed by atoms with van der Waals surface area (Å²) in [5.41, 5.74) is 0.709. The molecule has 24 heavy (non-hydrogen) atoms. The lowest BCUT2D eigenvalue weighted by Crippen LogP contribution is -2.32. The SMILES string of the molecule is O=S(=O)(Cc1ccc(Cl)cc1)N1CCC(Oc2ccncc2Cl)C1. The summed E-state index contributed by atoms with van der Waals surface area (Å²) < 4.78 is 32.4. The fourth-order valence-electron chi connectivity index (χ4n) is 2.57. The van der Waals surface area contributed by atoms with Gasteiger partial charge in [-0.3, -0.25) is 4.98 Å². The van der Waals surface area contributed by atoms with Crippen molar-refractivity contribution in [1.82, 2.24) is 9.29 Å². The largest absolute Gasteiger partial charge is 0.487 e. The van der Waals surface area contributed by atoms with Crippen molar-refractivity contribution in [1.29, 1.82) is 0 Å². The first kappa shape index (κ1) is 17.5. The zero-order valence-electron chi connectivity index (χ0n) is 12.7. The number of nitrogens with zero attached hydrogens (tertiary/aromatic N) is 2. The minimum atomic E-state index is -3.40. The molecule has 1 unspecified atom stereocenters. The van der Waals surface area contributed by atoms with E-state index in [1.807, 2.05) is 0 Å². The van der Waals surface area contributed by atoms with Crippen LogP contribution in [0.2, 0.25) is 10.0 Å². The van der Waals surface area contributed by atoms with Crippen LogP contribution in [0.3, 0.4) is 0 Å². The molecular weight excluding hydrogens is 371 g/mol. The highest BCUT2D eigenvalue weighted by atomic mass is 35.5. The topological polar surface area (TPSA) is 59.5 Å². The summed E-state index contributed by atoms with van der Waals surface area (Å²) in [5, 5.41) is 1.000. The average Bonchev–Trinajstić information content (AvgIpc) is 3.01. The van der Waals surface area contributed by atoms with Gasteiger partial charge in [-0.1, -0.05) is 35.3 Å². The Morgan fingerprint density at radius 2 is 1.96 bits per heavy atom. The third kappa shape index (κ3) is 4.19. The number of hydrogen-bond donors (Lipinski definition) is 0. The van der Waals surface area contributed by atoms with Crippen molar-refractivity contribution in [3.05, 3.63) is 58.3 Å². The Morgan fingerprint density at radius 1 is 1.21 bits per heavy atom. The Morgan fingerprint density at radius 3 is 2.67 bits per heavy atom. The van der Waals surface area contributed by atoms with E-state index in [0.717, 1.165) is 0 Å². The van der Waals surface area contributed by atoms with E-state index in [0.29, 0.717) is 40.9 Å².